The highest BCUT2D eigenvalue weighted by atomic mass is 16.6. The van der Waals surface area contributed by atoms with E-state index in [1.807, 2.05) is 19.0 Å². The minimum Gasteiger partial charge on any atom is -0.375 e. The number of benzene rings is 1. The Bertz CT molecular complexity index is 476. The summed E-state index contributed by atoms with van der Waals surface area (Å²) in [4.78, 5) is 23.4. The number of nitro benzene ring substituents is 1. The largest absolute Gasteiger partial charge is 0.375 e. The van der Waals surface area contributed by atoms with Gasteiger partial charge in [-0.05, 0) is 32.1 Å². The summed E-state index contributed by atoms with van der Waals surface area (Å²) in [6, 6.07) is 4.38. The molecular weight excluding hydrogens is 248 g/mol. The van der Waals surface area contributed by atoms with Gasteiger partial charge in [-0.15, -0.1) is 0 Å². The molecule has 0 unspecified atom stereocenters. The van der Waals surface area contributed by atoms with Crippen LogP contribution in [0.2, 0.25) is 0 Å². The molecule has 0 fully saturated rings. The Hall–Kier alpha value is -2.15. The van der Waals surface area contributed by atoms with Crippen LogP contribution in [0.3, 0.4) is 0 Å². The second-order valence-electron chi connectivity index (χ2n) is 4.20. The summed E-state index contributed by atoms with van der Waals surface area (Å²) < 4.78 is 0. The summed E-state index contributed by atoms with van der Waals surface area (Å²) in [6.07, 6.45) is 0.926. The maximum atomic E-state index is 11.3. The summed E-state index contributed by atoms with van der Waals surface area (Å²) in [5.41, 5.74) is 5.57. The lowest BCUT2D eigenvalue weighted by Gasteiger charge is -2.19. The van der Waals surface area contributed by atoms with Crippen LogP contribution < -0.4 is 16.0 Å². The fraction of sp³-hybridized carbons (Fsp3) is 0.417. The average Bonchev–Trinajstić information content (AvgIpc) is 2.38. The van der Waals surface area contributed by atoms with Crippen LogP contribution >= 0.6 is 0 Å². The Morgan fingerprint density at radius 3 is 2.74 bits per heavy atom. The van der Waals surface area contributed by atoms with Crippen LogP contribution in [0.4, 0.5) is 11.4 Å². The van der Waals surface area contributed by atoms with Crippen molar-refractivity contribution in [3.63, 3.8) is 0 Å². The van der Waals surface area contributed by atoms with Gasteiger partial charge in [0.15, 0.2) is 0 Å². The summed E-state index contributed by atoms with van der Waals surface area (Å²) >= 11 is 0. The second-order valence-corrected chi connectivity index (χ2v) is 4.20. The SMILES string of the molecule is CNCCCN(C)c1ccc([N+](=O)[O-])c(C(N)=O)c1. The first-order valence-electron chi connectivity index (χ1n) is 5.91. The van der Waals surface area contributed by atoms with Crippen molar-refractivity contribution in [1.82, 2.24) is 5.32 Å². The molecule has 0 aliphatic heterocycles. The molecule has 1 aromatic rings. The summed E-state index contributed by atoms with van der Waals surface area (Å²) in [5, 5.41) is 13.8. The van der Waals surface area contributed by atoms with Crippen molar-refractivity contribution < 1.29 is 9.72 Å². The number of hydrogen-bond donors (Lipinski definition) is 2. The van der Waals surface area contributed by atoms with Gasteiger partial charge < -0.3 is 16.0 Å². The molecule has 104 valence electrons. The number of nitrogens with zero attached hydrogens (tertiary/aromatic N) is 2. The number of primary amides is 1. The number of nitro groups is 1. The van der Waals surface area contributed by atoms with E-state index in [1.54, 1.807) is 6.07 Å². The highest BCUT2D eigenvalue weighted by Gasteiger charge is 2.19. The lowest BCUT2D eigenvalue weighted by atomic mass is 10.1. The Morgan fingerprint density at radius 2 is 2.21 bits per heavy atom. The van der Waals surface area contributed by atoms with Gasteiger partial charge in [0, 0.05) is 25.3 Å². The van der Waals surface area contributed by atoms with Gasteiger partial charge in [0.05, 0.1) is 4.92 Å². The minimum absolute atomic E-state index is 0.0667. The van der Waals surface area contributed by atoms with Crippen molar-refractivity contribution in [2.45, 2.75) is 6.42 Å². The first kappa shape index (κ1) is 14.9. The Kier molecular flexibility index (Phi) is 5.25. The molecule has 7 heteroatoms. The summed E-state index contributed by atoms with van der Waals surface area (Å²) in [7, 11) is 3.73. The van der Waals surface area contributed by atoms with Crippen molar-refractivity contribution >= 4 is 17.3 Å². The molecule has 0 heterocycles. The number of rotatable bonds is 7. The fourth-order valence-corrected chi connectivity index (χ4v) is 1.74. The third-order valence-electron chi connectivity index (χ3n) is 2.80. The molecule has 0 bridgehead atoms. The number of hydrogen-bond acceptors (Lipinski definition) is 5. The van der Waals surface area contributed by atoms with Crippen LogP contribution in [0.1, 0.15) is 16.8 Å². The second kappa shape index (κ2) is 6.69. The lowest BCUT2D eigenvalue weighted by Crippen LogP contribution is -2.23. The third kappa shape index (κ3) is 3.92. The molecular formula is C12H18N4O3. The number of anilines is 1. The highest BCUT2D eigenvalue weighted by Crippen LogP contribution is 2.24. The van der Waals surface area contributed by atoms with Crippen LogP contribution in [-0.2, 0) is 0 Å². The molecule has 1 amide bonds. The van der Waals surface area contributed by atoms with Crippen molar-refractivity contribution in [2.75, 3.05) is 32.1 Å². The molecule has 0 radical (unpaired) electrons. The molecule has 0 saturated carbocycles. The predicted octanol–water partition coefficient (Wildman–Crippen LogP) is 0.739. The maximum Gasteiger partial charge on any atom is 0.282 e. The molecule has 0 saturated heterocycles. The Morgan fingerprint density at radius 1 is 1.53 bits per heavy atom. The van der Waals surface area contributed by atoms with Crippen LogP contribution in [-0.4, -0.2) is 38.0 Å². The van der Waals surface area contributed by atoms with Crippen LogP contribution in [0, 0.1) is 10.1 Å². The molecule has 0 spiro atoms. The van der Waals surface area contributed by atoms with Gasteiger partial charge in [0.1, 0.15) is 5.56 Å². The Balaban J connectivity index is 2.95. The van der Waals surface area contributed by atoms with Crippen molar-refractivity contribution in [1.29, 1.82) is 0 Å². The van der Waals surface area contributed by atoms with Gasteiger partial charge in [-0.1, -0.05) is 0 Å². The fourth-order valence-electron chi connectivity index (χ4n) is 1.74. The first-order valence-corrected chi connectivity index (χ1v) is 5.91. The van der Waals surface area contributed by atoms with Gasteiger partial charge in [-0.3, -0.25) is 14.9 Å². The van der Waals surface area contributed by atoms with Crippen molar-refractivity contribution in [3.05, 3.63) is 33.9 Å². The quantitative estimate of drug-likeness (QED) is 0.430. The minimum atomic E-state index is -0.794. The maximum absolute atomic E-state index is 11.3. The van der Waals surface area contributed by atoms with E-state index in [0.717, 1.165) is 25.2 Å². The molecule has 3 N–H and O–H groups in total. The van der Waals surface area contributed by atoms with E-state index >= 15 is 0 Å². The highest BCUT2D eigenvalue weighted by molar-refractivity contribution is 5.98. The molecule has 0 aliphatic carbocycles. The molecule has 1 aromatic carbocycles. The third-order valence-corrected chi connectivity index (χ3v) is 2.80. The Labute approximate surface area is 111 Å². The van der Waals surface area contributed by atoms with Crippen LogP contribution in [0.15, 0.2) is 18.2 Å². The molecule has 0 atom stereocenters. The van der Waals surface area contributed by atoms with E-state index in [-0.39, 0.29) is 11.3 Å². The smallest absolute Gasteiger partial charge is 0.282 e. The number of amides is 1. The number of carbonyl (C=O) groups excluding carboxylic acids is 1. The molecule has 1 rings (SSSR count). The van der Waals surface area contributed by atoms with E-state index in [9.17, 15) is 14.9 Å². The van der Waals surface area contributed by atoms with E-state index in [0.29, 0.717) is 0 Å². The molecule has 7 nitrogen and oxygen atoms in total. The summed E-state index contributed by atoms with van der Waals surface area (Å²) in [6.45, 7) is 1.65. The van der Waals surface area contributed by atoms with Gasteiger partial charge >= 0.3 is 0 Å². The van der Waals surface area contributed by atoms with E-state index in [1.165, 1.54) is 12.1 Å². The zero-order valence-corrected chi connectivity index (χ0v) is 11.0. The summed E-state index contributed by atoms with van der Waals surface area (Å²) in [5.74, 6) is -0.794. The van der Waals surface area contributed by atoms with Crippen LogP contribution in [0.5, 0.6) is 0 Å². The zero-order chi connectivity index (χ0) is 14.4. The van der Waals surface area contributed by atoms with Gasteiger partial charge in [-0.2, -0.15) is 0 Å². The topological polar surface area (TPSA) is 102 Å². The van der Waals surface area contributed by atoms with Crippen molar-refractivity contribution in [2.24, 2.45) is 5.73 Å². The predicted molar refractivity (Wildman–Crippen MR) is 73.4 cm³/mol. The number of carbonyl (C=O) groups is 1. The lowest BCUT2D eigenvalue weighted by molar-refractivity contribution is -0.385. The number of nitrogens with one attached hydrogen (secondary N) is 1. The van der Waals surface area contributed by atoms with E-state index in [4.69, 9.17) is 5.73 Å². The average molecular weight is 266 g/mol. The van der Waals surface area contributed by atoms with E-state index in [2.05, 4.69) is 5.32 Å². The standard InChI is InChI=1S/C12H18N4O3/c1-14-6-3-7-15(2)9-4-5-11(16(18)19)10(8-9)12(13)17/h4-5,8,14H,3,6-7H2,1-2H3,(H2,13,17). The van der Waals surface area contributed by atoms with Crippen molar-refractivity contribution in [3.8, 4) is 0 Å². The van der Waals surface area contributed by atoms with E-state index < -0.39 is 10.8 Å². The normalized spacial score (nSPS) is 10.2. The van der Waals surface area contributed by atoms with Gasteiger partial charge in [-0.25, -0.2) is 0 Å². The zero-order valence-electron chi connectivity index (χ0n) is 11.0. The van der Waals surface area contributed by atoms with Gasteiger partial charge in [0.25, 0.3) is 11.6 Å². The molecule has 19 heavy (non-hydrogen) atoms. The van der Waals surface area contributed by atoms with Crippen LogP contribution in [0.25, 0.3) is 0 Å². The first-order chi connectivity index (χ1) is 8.97. The van der Waals surface area contributed by atoms with Gasteiger partial charge in [0.2, 0.25) is 0 Å². The number of nitrogens with two attached hydrogens (primary N) is 1. The molecule has 0 aromatic heterocycles. The monoisotopic (exact) mass is 266 g/mol. The molecule has 0 aliphatic rings.